The zero-order chi connectivity index (χ0) is 13.2. The van der Waals surface area contributed by atoms with Crippen LogP contribution in [0.25, 0.3) is 0 Å². The van der Waals surface area contributed by atoms with E-state index in [1.807, 2.05) is 4.90 Å². The third-order valence-electron chi connectivity index (χ3n) is 4.41. The van der Waals surface area contributed by atoms with E-state index in [9.17, 15) is 9.90 Å². The van der Waals surface area contributed by atoms with Crippen LogP contribution in [0.15, 0.2) is 0 Å². The van der Waals surface area contributed by atoms with Crippen molar-refractivity contribution < 1.29 is 14.6 Å². The number of carbonyl (C=O) groups excluding carboxylic acids is 1. The molecule has 2 saturated heterocycles. The van der Waals surface area contributed by atoms with E-state index >= 15 is 0 Å². The second-order valence-corrected chi connectivity index (χ2v) is 5.76. The minimum absolute atomic E-state index is 0.0399. The summed E-state index contributed by atoms with van der Waals surface area (Å²) >= 11 is 0. The third-order valence-corrected chi connectivity index (χ3v) is 4.41. The van der Waals surface area contributed by atoms with Gasteiger partial charge in [0.25, 0.3) is 0 Å². The molecule has 0 aromatic heterocycles. The Kier molecular flexibility index (Phi) is 4.25. The van der Waals surface area contributed by atoms with Gasteiger partial charge in [-0.2, -0.15) is 0 Å². The minimum atomic E-state index is 0.0399. The Labute approximate surface area is 109 Å². The Morgan fingerprint density at radius 1 is 1.44 bits per heavy atom. The number of ether oxygens (including phenoxy) is 1. The fraction of sp³-hybridized carbons (Fsp3) is 0.923. The zero-order valence-electron chi connectivity index (χ0n) is 11.4. The molecule has 1 amide bonds. The van der Waals surface area contributed by atoms with Gasteiger partial charge in [-0.1, -0.05) is 0 Å². The van der Waals surface area contributed by atoms with Gasteiger partial charge in [0.05, 0.1) is 0 Å². The summed E-state index contributed by atoms with van der Waals surface area (Å²) < 4.78 is 5.44. The SMILES string of the molecule is CN(C)C1(CN2CC(CO)CC2=O)CCOCC1. The van der Waals surface area contributed by atoms with Gasteiger partial charge in [-0.05, 0) is 26.9 Å². The largest absolute Gasteiger partial charge is 0.396 e. The zero-order valence-corrected chi connectivity index (χ0v) is 11.4. The first kappa shape index (κ1) is 13.8. The van der Waals surface area contributed by atoms with Crippen LogP contribution in [0.4, 0.5) is 0 Å². The van der Waals surface area contributed by atoms with Crippen molar-refractivity contribution >= 4 is 5.91 Å². The van der Waals surface area contributed by atoms with Gasteiger partial charge in [0.2, 0.25) is 5.91 Å². The number of likely N-dealkylation sites (N-methyl/N-ethyl adjacent to an activating group) is 1. The van der Waals surface area contributed by atoms with Crippen LogP contribution in [0.2, 0.25) is 0 Å². The molecular weight excluding hydrogens is 232 g/mol. The average Bonchev–Trinajstić information content (AvgIpc) is 2.71. The minimum Gasteiger partial charge on any atom is -0.396 e. The molecule has 0 bridgehead atoms. The van der Waals surface area contributed by atoms with Crippen molar-refractivity contribution in [2.45, 2.75) is 24.8 Å². The van der Waals surface area contributed by atoms with E-state index in [4.69, 9.17) is 4.74 Å². The van der Waals surface area contributed by atoms with Crippen molar-refractivity contribution in [1.29, 1.82) is 0 Å². The summed E-state index contributed by atoms with van der Waals surface area (Å²) in [7, 11) is 4.16. The van der Waals surface area contributed by atoms with Gasteiger partial charge in [0, 0.05) is 50.8 Å². The van der Waals surface area contributed by atoms with Gasteiger partial charge in [0.15, 0.2) is 0 Å². The summed E-state index contributed by atoms with van der Waals surface area (Å²) in [6, 6.07) is 0. The van der Waals surface area contributed by atoms with E-state index in [-0.39, 0.29) is 24.0 Å². The van der Waals surface area contributed by atoms with Gasteiger partial charge >= 0.3 is 0 Å². The number of aliphatic hydroxyl groups excluding tert-OH is 1. The molecule has 1 N–H and O–H groups in total. The predicted octanol–water partition coefficient (Wildman–Crippen LogP) is -0.0620. The molecule has 5 heteroatoms. The van der Waals surface area contributed by atoms with Crippen LogP contribution in [0.5, 0.6) is 0 Å². The number of amides is 1. The molecule has 2 rings (SSSR count). The molecule has 18 heavy (non-hydrogen) atoms. The molecule has 0 aromatic rings. The lowest BCUT2D eigenvalue weighted by Gasteiger charge is -2.45. The Hall–Kier alpha value is -0.650. The van der Waals surface area contributed by atoms with E-state index in [1.165, 1.54) is 0 Å². The smallest absolute Gasteiger partial charge is 0.223 e. The molecule has 2 aliphatic heterocycles. The predicted molar refractivity (Wildman–Crippen MR) is 68.2 cm³/mol. The summed E-state index contributed by atoms with van der Waals surface area (Å²) in [4.78, 5) is 16.1. The lowest BCUT2D eigenvalue weighted by Crippen LogP contribution is -2.56. The third kappa shape index (κ3) is 2.68. The molecule has 1 atom stereocenters. The summed E-state index contributed by atoms with van der Waals surface area (Å²) in [5.74, 6) is 0.304. The highest BCUT2D eigenvalue weighted by Crippen LogP contribution is 2.29. The van der Waals surface area contributed by atoms with E-state index in [2.05, 4.69) is 19.0 Å². The summed E-state index contributed by atoms with van der Waals surface area (Å²) in [5, 5.41) is 9.17. The molecule has 2 fully saturated rings. The van der Waals surface area contributed by atoms with Crippen molar-refractivity contribution in [3.8, 4) is 0 Å². The Bertz CT molecular complexity index is 301. The van der Waals surface area contributed by atoms with Crippen molar-refractivity contribution in [1.82, 2.24) is 9.80 Å². The number of carbonyl (C=O) groups is 1. The molecule has 0 saturated carbocycles. The first-order valence-corrected chi connectivity index (χ1v) is 6.71. The average molecular weight is 256 g/mol. The molecule has 2 heterocycles. The standard InChI is InChI=1S/C13H24N2O3/c1-14(2)13(3-5-18-6-4-13)10-15-8-11(9-16)7-12(15)17/h11,16H,3-10H2,1-2H3. The second kappa shape index (κ2) is 5.55. The summed E-state index contributed by atoms with van der Waals surface area (Å²) in [6.45, 7) is 3.11. The van der Waals surface area contributed by atoms with Crippen molar-refractivity contribution in [2.75, 3.05) is 47.0 Å². The van der Waals surface area contributed by atoms with Gasteiger partial charge in [0.1, 0.15) is 0 Å². The lowest BCUT2D eigenvalue weighted by molar-refractivity contribution is -0.130. The van der Waals surface area contributed by atoms with Crippen LogP contribution in [-0.2, 0) is 9.53 Å². The number of hydrogen-bond acceptors (Lipinski definition) is 4. The van der Waals surface area contributed by atoms with Crippen LogP contribution in [0.1, 0.15) is 19.3 Å². The van der Waals surface area contributed by atoms with Crippen LogP contribution in [-0.4, -0.2) is 73.4 Å². The number of likely N-dealkylation sites (tertiary alicyclic amines) is 1. The quantitative estimate of drug-likeness (QED) is 0.765. The van der Waals surface area contributed by atoms with E-state index in [0.29, 0.717) is 13.0 Å². The highest BCUT2D eigenvalue weighted by Gasteiger charge is 2.40. The molecule has 0 radical (unpaired) electrons. The van der Waals surface area contributed by atoms with Crippen LogP contribution >= 0.6 is 0 Å². The maximum atomic E-state index is 11.9. The number of aliphatic hydroxyl groups is 1. The van der Waals surface area contributed by atoms with Crippen molar-refractivity contribution in [3.05, 3.63) is 0 Å². The van der Waals surface area contributed by atoms with Gasteiger partial charge < -0.3 is 19.6 Å². The Morgan fingerprint density at radius 3 is 2.61 bits per heavy atom. The molecule has 5 nitrogen and oxygen atoms in total. The first-order valence-electron chi connectivity index (χ1n) is 6.71. The molecule has 0 aliphatic carbocycles. The van der Waals surface area contributed by atoms with Crippen LogP contribution in [0, 0.1) is 5.92 Å². The normalized spacial score (nSPS) is 28.1. The van der Waals surface area contributed by atoms with E-state index in [0.717, 1.165) is 32.6 Å². The lowest BCUT2D eigenvalue weighted by atomic mass is 9.88. The van der Waals surface area contributed by atoms with E-state index in [1.54, 1.807) is 0 Å². The fourth-order valence-corrected chi connectivity index (χ4v) is 2.98. The topological polar surface area (TPSA) is 53.0 Å². The number of hydrogen-bond donors (Lipinski definition) is 1. The summed E-state index contributed by atoms with van der Waals surface area (Å²) in [6.07, 6.45) is 2.43. The van der Waals surface area contributed by atoms with Gasteiger partial charge in [-0.15, -0.1) is 0 Å². The molecule has 0 aromatic carbocycles. The second-order valence-electron chi connectivity index (χ2n) is 5.76. The maximum absolute atomic E-state index is 11.9. The van der Waals surface area contributed by atoms with Crippen LogP contribution < -0.4 is 0 Å². The first-order chi connectivity index (χ1) is 8.57. The van der Waals surface area contributed by atoms with Crippen molar-refractivity contribution in [3.63, 3.8) is 0 Å². The Morgan fingerprint density at radius 2 is 2.11 bits per heavy atom. The van der Waals surface area contributed by atoms with Crippen molar-refractivity contribution in [2.24, 2.45) is 5.92 Å². The van der Waals surface area contributed by atoms with E-state index < -0.39 is 0 Å². The number of nitrogens with zero attached hydrogens (tertiary/aromatic N) is 2. The van der Waals surface area contributed by atoms with Gasteiger partial charge in [-0.25, -0.2) is 0 Å². The molecule has 104 valence electrons. The Balaban J connectivity index is 2.03. The highest BCUT2D eigenvalue weighted by molar-refractivity contribution is 5.78. The maximum Gasteiger partial charge on any atom is 0.223 e. The highest BCUT2D eigenvalue weighted by atomic mass is 16.5. The molecule has 2 aliphatic rings. The van der Waals surface area contributed by atoms with Crippen LogP contribution in [0.3, 0.4) is 0 Å². The molecule has 0 spiro atoms. The molecular formula is C13H24N2O3. The van der Waals surface area contributed by atoms with Gasteiger partial charge in [-0.3, -0.25) is 4.79 Å². The summed E-state index contributed by atoms with van der Waals surface area (Å²) in [5.41, 5.74) is 0.0399. The molecule has 1 unspecified atom stereocenters. The number of rotatable bonds is 4. The monoisotopic (exact) mass is 256 g/mol. The fourth-order valence-electron chi connectivity index (χ4n) is 2.98.